The van der Waals surface area contributed by atoms with Crippen LogP contribution in [0.15, 0.2) is 29.1 Å². The summed E-state index contributed by atoms with van der Waals surface area (Å²) in [4.78, 5) is 18.5. The predicted molar refractivity (Wildman–Crippen MR) is 62.2 cm³/mol. The largest absolute Gasteiger partial charge is 0.334 e. The highest BCUT2D eigenvalue weighted by Crippen LogP contribution is 2.13. The van der Waals surface area contributed by atoms with Gasteiger partial charge in [0.2, 0.25) is 0 Å². The fourth-order valence-corrected chi connectivity index (χ4v) is 2.58. The third-order valence-corrected chi connectivity index (χ3v) is 3.56. The van der Waals surface area contributed by atoms with Crippen LogP contribution in [-0.2, 0) is 6.54 Å². The zero-order chi connectivity index (χ0) is 10.7. The van der Waals surface area contributed by atoms with Gasteiger partial charge in [0.15, 0.2) is 0 Å². The van der Waals surface area contributed by atoms with Crippen molar-refractivity contribution in [2.75, 3.05) is 7.05 Å². The second-order valence-electron chi connectivity index (χ2n) is 3.06. The van der Waals surface area contributed by atoms with E-state index in [0.29, 0.717) is 6.54 Å². The molecule has 0 aliphatic rings. The predicted octanol–water partition coefficient (Wildman–Crippen LogP) is 2.48. The fraction of sp³-hybridized carbons (Fsp3) is 0.200. The van der Waals surface area contributed by atoms with Gasteiger partial charge in [0.1, 0.15) is 5.01 Å². The molecular formula is C10H10N2OS2. The molecule has 0 atom stereocenters. The fourth-order valence-electron chi connectivity index (χ4n) is 1.19. The van der Waals surface area contributed by atoms with Gasteiger partial charge in [-0.1, -0.05) is 6.07 Å². The summed E-state index contributed by atoms with van der Waals surface area (Å²) in [7, 11) is 1.80. The first kappa shape index (κ1) is 10.3. The Morgan fingerprint density at radius 2 is 2.33 bits per heavy atom. The first-order chi connectivity index (χ1) is 7.27. The summed E-state index contributed by atoms with van der Waals surface area (Å²) in [6.45, 7) is 0.578. The smallest absolute Gasteiger partial charge is 0.264 e. The Labute approximate surface area is 96.0 Å². The van der Waals surface area contributed by atoms with Gasteiger partial charge in [0.25, 0.3) is 5.91 Å². The molecule has 5 heteroatoms. The Morgan fingerprint density at radius 1 is 1.47 bits per heavy atom. The normalized spacial score (nSPS) is 10.2. The number of carbonyl (C=O) groups is 1. The van der Waals surface area contributed by atoms with Crippen LogP contribution < -0.4 is 0 Å². The second kappa shape index (κ2) is 4.55. The Balaban J connectivity index is 2.03. The zero-order valence-corrected chi connectivity index (χ0v) is 9.85. The van der Waals surface area contributed by atoms with E-state index in [2.05, 4.69) is 4.98 Å². The van der Waals surface area contributed by atoms with E-state index in [1.165, 1.54) is 11.3 Å². The van der Waals surface area contributed by atoms with Crippen molar-refractivity contribution >= 4 is 28.6 Å². The zero-order valence-electron chi connectivity index (χ0n) is 8.21. The van der Waals surface area contributed by atoms with Crippen molar-refractivity contribution in [1.82, 2.24) is 9.88 Å². The molecule has 78 valence electrons. The van der Waals surface area contributed by atoms with Crippen LogP contribution in [-0.4, -0.2) is 22.8 Å². The van der Waals surface area contributed by atoms with Crippen LogP contribution in [0, 0.1) is 0 Å². The van der Waals surface area contributed by atoms with E-state index in [1.807, 2.05) is 22.9 Å². The standard InChI is InChI=1S/C10H10N2OS2/c1-12(7-9-11-4-6-15-9)10(13)8-3-2-5-14-8/h2-6H,7H2,1H3. The van der Waals surface area contributed by atoms with Crippen molar-refractivity contribution in [3.8, 4) is 0 Å². The van der Waals surface area contributed by atoms with E-state index in [-0.39, 0.29) is 5.91 Å². The Morgan fingerprint density at radius 3 is 2.93 bits per heavy atom. The van der Waals surface area contributed by atoms with Gasteiger partial charge in [-0.05, 0) is 11.4 Å². The molecule has 0 saturated heterocycles. The number of carbonyl (C=O) groups excluding carboxylic acids is 1. The quantitative estimate of drug-likeness (QED) is 0.823. The van der Waals surface area contributed by atoms with Gasteiger partial charge >= 0.3 is 0 Å². The molecule has 0 aliphatic carbocycles. The van der Waals surface area contributed by atoms with Crippen LogP contribution in [0.25, 0.3) is 0 Å². The summed E-state index contributed by atoms with van der Waals surface area (Å²) in [5.74, 6) is 0.0557. The van der Waals surface area contributed by atoms with E-state index >= 15 is 0 Å². The molecule has 0 aliphatic heterocycles. The number of thiazole rings is 1. The summed E-state index contributed by atoms with van der Waals surface area (Å²) in [5.41, 5.74) is 0. The molecule has 15 heavy (non-hydrogen) atoms. The number of aromatic nitrogens is 1. The number of hydrogen-bond acceptors (Lipinski definition) is 4. The molecule has 2 aromatic rings. The highest BCUT2D eigenvalue weighted by molar-refractivity contribution is 7.12. The monoisotopic (exact) mass is 238 g/mol. The van der Waals surface area contributed by atoms with Crippen LogP contribution in [0.2, 0.25) is 0 Å². The lowest BCUT2D eigenvalue weighted by Crippen LogP contribution is -2.25. The van der Waals surface area contributed by atoms with Gasteiger partial charge in [-0.3, -0.25) is 4.79 Å². The van der Waals surface area contributed by atoms with Crippen molar-refractivity contribution in [3.63, 3.8) is 0 Å². The van der Waals surface area contributed by atoms with E-state index < -0.39 is 0 Å². The lowest BCUT2D eigenvalue weighted by molar-refractivity contribution is 0.0790. The molecule has 0 radical (unpaired) electrons. The lowest BCUT2D eigenvalue weighted by Gasteiger charge is -2.14. The van der Waals surface area contributed by atoms with Crippen molar-refractivity contribution < 1.29 is 4.79 Å². The van der Waals surface area contributed by atoms with Crippen LogP contribution in [0.4, 0.5) is 0 Å². The average Bonchev–Trinajstić information content (AvgIpc) is 2.88. The van der Waals surface area contributed by atoms with Gasteiger partial charge in [-0.2, -0.15) is 0 Å². The molecule has 0 aromatic carbocycles. The third-order valence-electron chi connectivity index (χ3n) is 1.93. The van der Waals surface area contributed by atoms with E-state index in [9.17, 15) is 4.79 Å². The third kappa shape index (κ3) is 2.43. The number of nitrogens with zero attached hydrogens (tertiary/aromatic N) is 2. The highest BCUT2D eigenvalue weighted by Gasteiger charge is 2.13. The minimum atomic E-state index is 0.0557. The molecule has 0 fully saturated rings. The average molecular weight is 238 g/mol. The van der Waals surface area contributed by atoms with Crippen molar-refractivity contribution in [3.05, 3.63) is 39.0 Å². The van der Waals surface area contributed by atoms with Crippen LogP contribution >= 0.6 is 22.7 Å². The summed E-state index contributed by atoms with van der Waals surface area (Å²) < 4.78 is 0. The highest BCUT2D eigenvalue weighted by atomic mass is 32.1. The number of thiophene rings is 1. The Bertz CT molecular complexity index is 422. The van der Waals surface area contributed by atoms with Crippen molar-refractivity contribution in [2.24, 2.45) is 0 Å². The number of amides is 1. The minimum Gasteiger partial charge on any atom is -0.334 e. The molecular weight excluding hydrogens is 228 g/mol. The van der Waals surface area contributed by atoms with Gasteiger partial charge in [0.05, 0.1) is 11.4 Å². The maximum Gasteiger partial charge on any atom is 0.264 e. The van der Waals surface area contributed by atoms with Crippen LogP contribution in [0.3, 0.4) is 0 Å². The summed E-state index contributed by atoms with van der Waals surface area (Å²) >= 11 is 3.03. The van der Waals surface area contributed by atoms with Crippen LogP contribution in [0.1, 0.15) is 14.7 Å². The molecule has 0 bridgehead atoms. The SMILES string of the molecule is CN(Cc1nccs1)C(=O)c1cccs1. The number of rotatable bonds is 3. The first-order valence-corrected chi connectivity index (χ1v) is 6.20. The van der Waals surface area contributed by atoms with Crippen molar-refractivity contribution in [2.45, 2.75) is 6.54 Å². The molecule has 1 amide bonds. The maximum absolute atomic E-state index is 11.8. The number of hydrogen-bond donors (Lipinski definition) is 0. The van der Waals surface area contributed by atoms with Gasteiger partial charge in [-0.15, -0.1) is 22.7 Å². The Hall–Kier alpha value is -1.20. The van der Waals surface area contributed by atoms with Gasteiger partial charge in [-0.25, -0.2) is 4.98 Å². The molecule has 0 saturated carbocycles. The minimum absolute atomic E-state index is 0.0557. The van der Waals surface area contributed by atoms with Gasteiger partial charge in [0, 0.05) is 18.6 Å². The summed E-state index contributed by atoms with van der Waals surface area (Å²) in [6, 6.07) is 3.72. The van der Waals surface area contributed by atoms with E-state index in [0.717, 1.165) is 9.88 Å². The van der Waals surface area contributed by atoms with Crippen molar-refractivity contribution in [1.29, 1.82) is 0 Å². The first-order valence-electron chi connectivity index (χ1n) is 4.44. The molecule has 0 spiro atoms. The van der Waals surface area contributed by atoms with Gasteiger partial charge < -0.3 is 4.90 Å². The van der Waals surface area contributed by atoms with Crippen LogP contribution in [0.5, 0.6) is 0 Å². The molecule has 2 heterocycles. The summed E-state index contributed by atoms with van der Waals surface area (Å²) in [6.07, 6.45) is 1.75. The molecule has 3 nitrogen and oxygen atoms in total. The summed E-state index contributed by atoms with van der Waals surface area (Å²) in [5, 5.41) is 4.78. The molecule has 0 N–H and O–H groups in total. The topological polar surface area (TPSA) is 33.2 Å². The molecule has 2 rings (SSSR count). The van der Waals surface area contributed by atoms with E-state index in [4.69, 9.17) is 0 Å². The molecule has 2 aromatic heterocycles. The van der Waals surface area contributed by atoms with E-state index in [1.54, 1.807) is 29.5 Å². The second-order valence-corrected chi connectivity index (χ2v) is 4.99. The molecule has 0 unspecified atom stereocenters. The lowest BCUT2D eigenvalue weighted by atomic mass is 10.4. The Kier molecular flexibility index (Phi) is 3.13. The maximum atomic E-state index is 11.8.